The van der Waals surface area contributed by atoms with Crippen molar-refractivity contribution in [3.8, 4) is 0 Å². The highest BCUT2D eigenvalue weighted by Crippen LogP contribution is 2.23. The van der Waals surface area contributed by atoms with Gasteiger partial charge in [0.1, 0.15) is 38.4 Å². The number of hydrogen-bond acceptors (Lipinski definition) is 11. The number of rotatable bonds is 16. The van der Waals surface area contributed by atoms with Crippen LogP contribution in [0, 0.1) is 10.8 Å². The molecule has 1 N–H and O–H groups in total. The van der Waals surface area contributed by atoms with E-state index >= 15 is 0 Å². The Hall–Kier alpha value is -4.74. The molecule has 222 valence electrons. The van der Waals surface area contributed by atoms with Crippen molar-refractivity contribution in [2.45, 2.75) is 20.8 Å². The Morgan fingerprint density at radius 1 is 0.707 bits per heavy atom. The summed E-state index contributed by atoms with van der Waals surface area (Å²) in [5.74, 6) is -4.51. The van der Waals surface area contributed by atoms with E-state index in [9.17, 15) is 28.8 Å². The minimum atomic E-state index is -1.54. The number of benzene rings is 1. The van der Waals surface area contributed by atoms with Crippen LogP contribution in [0.5, 0.6) is 0 Å². The minimum Gasteiger partial charge on any atom is -0.463 e. The van der Waals surface area contributed by atoms with Crippen molar-refractivity contribution in [2.24, 2.45) is 10.8 Å². The first-order chi connectivity index (χ1) is 19.3. The summed E-state index contributed by atoms with van der Waals surface area (Å²) in [7, 11) is 0. The summed E-state index contributed by atoms with van der Waals surface area (Å²) in [6.07, 6.45) is 2.67. The van der Waals surface area contributed by atoms with Crippen LogP contribution in [-0.4, -0.2) is 75.3 Å². The predicted molar refractivity (Wildman–Crippen MR) is 145 cm³/mol. The average molecular weight is 574 g/mol. The topological polar surface area (TPSA) is 161 Å². The minimum absolute atomic E-state index is 0.00877. The predicted octanol–water partition coefficient (Wildman–Crippen LogP) is 2.34. The van der Waals surface area contributed by atoms with Gasteiger partial charge in [0, 0.05) is 18.2 Å². The maximum absolute atomic E-state index is 13.1. The van der Waals surface area contributed by atoms with Crippen molar-refractivity contribution in [3.05, 3.63) is 73.4 Å². The molecule has 0 spiro atoms. The molecular weight excluding hydrogens is 538 g/mol. The summed E-state index contributed by atoms with van der Waals surface area (Å²) >= 11 is 0. The van der Waals surface area contributed by atoms with Crippen LogP contribution >= 0.6 is 0 Å². The number of nitrogens with one attached hydrogen (secondary N) is 1. The maximum atomic E-state index is 13.1. The molecule has 12 nitrogen and oxygen atoms in total. The quantitative estimate of drug-likeness (QED) is 0.134. The molecule has 12 heteroatoms. The molecule has 0 heterocycles. The van der Waals surface area contributed by atoms with Crippen LogP contribution in [0.1, 0.15) is 41.5 Å². The first kappa shape index (κ1) is 34.3. The highest BCUT2D eigenvalue weighted by atomic mass is 16.6. The van der Waals surface area contributed by atoms with E-state index in [0.717, 1.165) is 18.2 Å². The van der Waals surface area contributed by atoms with E-state index in [-0.39, 0.29) is 24.3 Å². The lowest BCUT2D eigenvalue weighted by Gasteiger charge is -2.31. The molecule has 0 aromatic heterocycles. The molecule has 1 aromatic rings. The Morgan fingerprint density at radius 2 is 1.15 bits per heavy atom. The third-order valence-corrected chi connectivity index (χ3v) is 5.20. The van der Waals surface area contributed by atoms with Crippen LogP contribution in [-0.2, 0) is 42.9 Å². The molecule has 1 amide bonds. The fraction of sp³-hybridized carbons (Fsp3) is 0.379. The summed E-state index contributed by atoms with van der Waals surface area (Å²) in [4.78, 5) is 73.0. The molecule has 0 saturated heterocycles. The zero-order chi connectivity index (χ0) is 31.1. The van der Waals surface area contributed by atoms with E-state index in [1.807, 2.05) is 0 Å². The van der Waals surface area contributed by atoms with Gasteiger partial charge in [-0.15, -0.1) is 0 Å². The zero-order valence-corrected chi connectivity index (χ0v) is 23.4. The van der Waals surface area contributed by atoms with Crippen LogP contribution in [0.3, 0.4) is 0 Å². The van der Waals surface area contributed by atoms with Gasteiger partial charge in [0.25, 0.3) is 5.91 Å². The van der Waals surface area contributed by atoms with E-state index in [0.29, 0.717) is 0 Å². The lowest BCUT2D eigenvalue weighted by molar-refractivity contribution is -0.159. The maximum Gasteiger partial charge on any atom is 0.338 e. The van der Waals surface area contributed by atoms with Crippen molar-refractivity contribution in [1.82, 2.24) is 5.32 Å². The second-order valence-electron chi connectivity index (χ2n) is 9.70. The molecule has 41 heavy (non-hydrogen) atoms. The van der Waals surface area contributed by atoms with Crippen molar-refractivity contribution in [3.63, 3.8) is 0 Å². The van der Waals surface area contributed by atoms with Crippen LogP contribution in [0.25, 0.3) is 0 Å². The van der Waals surface area contributed by atoms with Gasteiger partial charge in [0.05, 0.1) is 23.1 Å². The van der Waals surface area contributed by atoms with Crippen molar-refractivity contribution >= 4 is 35.8 Å². The average Bonchev–Trinajstić information content (AvgIpc) is 2.96. The summed E-state index contributed by atoms with van der Waals surface area (Å²) in [5.41, 5.74) is -2.38. The number of hydrogen-bond donors (Lipinski definition) is 1. The summed E-state index contributed by atoms with van der Waals surface area (Å²) in [6, 6.07) is 5.79. The second-order valence-corrected chi connectivity index (χ2v) is 9.70. The monoisotopic (exact) mass is 573 g/mol. The van der Waals surface area contributed by atoms with Gasteiger partial charge >= 0.3 is 29.8 Å². The molecule has 0 radical (unpaired) electrons. The molecule has 0 aliphatic rings. The van der Waals surface area contributed by atoms with Gasteiger partial charge in [-0.3, -0.25) is 9.59 Å². The van der Waals surface area contributed by atoms with Crippen LogP contribution < -0.4 is 5.32 Å². The van der Waals surface area contributed by atoms with E-state index in [4.69, 9.17) is 23.7 Å². The number of amides is 1. The smallest absolute Gasteiger partial charge is 0.338 e. The largest absolute Gasteiger partial charge is 0.463 e. The van der Waals surface area contributed by atoms with E-state index in [2.05, 4.69) is 25.1 Å². The van der Waals surface area contributed by atoms with Gasteiger partial charge in [-0.2, -0.15) is 0 Å². The van der Waals surface area contributed by atoms with Crippen LogP contribution in [0.2, 0.25) is 0 Å². The van der Waals surface area contributed by atoms with Gasteiger partial charge in [-0.05, 0) is 32.9 Å². The van der Waals surface area contributed by atoms with Gasteiger partial charge in [-0.25, -0.2) is 19.2 Å². The van der Waals surface area contributed by atoms with Crippen LogP contribution in [0.4, 0.5) is 0 Å². The van der Waals surface area contributed by atoms with Gasteiger partial charge in [0.15, 0.2) is 0 Å². The first-order valence-electron chi connectivity index (χ1n) is 12.4. The summed E-state index contributed by atoms with van der Waals surface area (Å²) < 4.78 is 25.9. The van der Waals surface area contributed by atoms with Crippen molar-refractivity contribution < 1.29 is 52.5 Å². The molecule has 0 aliphatic heterocycles. The molecule has 0 unspecified atom stereocenters. The van der Waals surface area contributed by atoms with E-state index in [1.165, 1.54) is 24.3 Å². The van der Waals surface area contributed by atoms with Gasteiger partial charge < -0.3 is 29.0 Å². The van der Waals surface area contributed by atoms with Gasteiger partial charge in [-0.1, -0.05) is 31.9 Å². The molecule has 1 rings (SSSR count). The molecule has 0 fully saturated rings. The molecule has 0 atom stereocenters. The lowest BCUT2D eigenvalue weighted by atomic mass is 9.92. The first-order valence-corrected chi connectivity index (χ1v) is 12.4. The Labute approximate surface area is 238 Å². The molecular formula is C29H35NO11. The Kier molecular flexibility index (Phi) is 13.7. The van der Waals surface area contributed by atoms with Crippen LogP contribution in [0.15, 0.2) is 62.2 Å². The standard InChI is InChI=1S/C29H35NO11/c1-7-22(31)38-16-29(17-39-23(32)8-2,18-40-24(33)9-3)19-41-26(35)21-13-11-10-12-20(21)25(34)30-14-15-37-27(36)28(4,5)6/h7-13H,1-3,14-19H2,4-6H3,(H,30,34). The fourth-order valence-corrected chi connectivity index (χ4v) is 2.87. The Morgan fingerprint density at radius 3 is 1.59 bits per heavy atom. The summed E-state index contributed by atoms with van der Waals surface area (Å²) in [5, 5.41) is 2.57. The van der Waals surface area contributed by atoms with Crippen molar-refractivity contribution in [2.75, 3.05) is 39.6 Å². The zero-order valence-electron chi connectivity index (χ0n) is 23.4. The highest BCUT2D eigenvalue weighted by Gasteiger charge is 2.38. The number of ether oxygens (including phenoxy) is 5. The van der Waals surface area contributed by atoms with Crippen molar-refractivity contribution in [1.29, 1.82) is 0 Å². The number of carbonyl (C=O) groups excluding carboxylic acids is 6. The highest BCUT2D eigenvalue weighted by molar-refractivity contribution is 6.05. The summed E-state index contributed by atoms with van der Waals surface area (Å²) in [6.45, 7) is 12.8. The molecule has 0 saturated carbocycles. The van der Waals surface area contributed by atoms with E-state index in [1.54, 1.807) is 20.8 Å². The Bertz CT molecular complexity index is 1100. The normalized spacial score (nSPS) is 10.8. The SMILES string of the molecule is C=CC(=O)OCC(COC(=O)C=C)(COC(=O)C=C)COC(=O)c1ccccc1C(=O)NCCOC(=O)C(C)(C)C. The number of esters is 5. The fourth-order valence-electron chi connectivity index (χ4n) is 2.87. The molecule has 0 aliphatic carbocycles. The third-order valence-electron chi connectivity index (χ3n) is 5.20. The molecule has 1 aromatic carbocycles. The van der Waals surface area contributed by atoms with Gasteiger partial charge in [0.2, 0.25) is 0 Å². The molecule has 0 bridgehead atoms. The number of carbonyl (C=O) groups is 6. The second kappa shape index (κ2) is 16.4. The third kappa shape index (κ3) is 11.9. The van der Waals surface area contributed by atoms with E-state index < -0.39 is 73.0 Å². The lowest BCUT2D eigenvalue weighted by Crippen LogP contribution is -2.43. The Balaban J connectivity index is 3.09.